The molecule has 0 aliphatic carbocycles. The smallest absolute Gasteiger partial charge is 0.545 e. The summed E-state index contributed by atoms with van der Waals surface area (Å²) in [5.74, 6) is -2.33. The molecule has 8 rings (SSSR count). The summed E-state index contributed by atoms with van der Waals surface area (Å²) >= 11 is 0. The summed E-state index contributed by atoms with van der Waals surface area (Å²) in [6, 6.07) is 34.6. The van der Waals surface area contributed by atoms with Crippen LogP contribution in [0.15, 0.2) is 134 Å². The van der Waals surface area contributed by atoms with Crippen LogP contribution in [0.25, 0.3) is 33.5 Å². The van der Waals surface area contributed by atoms with Gasteiger partial charge in [-0.3, -0.25) is 9.59 Å². The molecule has 0 amide bonds. The first-order valence-corrected chi connectivity index (χ1v) is 22.1. The normalized spacial score (nSPS) is 11.0. The Morgan fingerprint density at radius 3 is 1.24 bits per heavy atom. The van der Waals surface area contributed by atoms with E-state index in [1.165, 1.54) is 36.4 Å². The summed E-state index contributed by atoms with van der Waals surface area (Å²) in [7, 11) is 0. The van der Waals surface area contributed by atoms with E-state index in [9.17, 15) is 29.4 Å². The van der Waals surface area contributed by atoms with Crippen LogP contribution in [0.1, 0.15) is 63.7 Å². The molecule has 4 aromatic heterocycles. The van der Waals surface area contributed by atoms with Crippen molar-refractivity contribution in [3.63, 3.8) is 0 Å². The fourth-order valence-corrected chi connectivity index (χ4v) is 8.43. The number of rotatable bonds is 22. The topological polar surface area (TPSA) is 221 Å². The SMILES string of the molecule is Cc1c(C(=O)c2ccc(N)c(C(=O)[O-])c2)c2ccccn2c1-c1cccc(OCCOCCOCCOCCOc2cccc(-c3c(C)c(C(=O)c4ccc(N)c(C(=O)[O-])c4)c4ccccn34)c2)c1.[Na+].[Na+]. The Hall–Kier alpha value is -6.24. The Morgan fingerprint density at radius 1 is 0.479 bits per heavy atom. The number of nitrogen functional groups attached to an aromatic ring is 2. The molecule has 71 heavy (non-hydrogen) atoms. The van der Waals surface area contributed by atoms with E-state index in [4.69, 9.17) is 35.2 Å². The second kappa shape index (κ2) is 24.7. The second-order valence-corrected chi connectivity index (χ2v) is 16.0. The molecule has 0 unspecified atom stereocenters. The maximum absolute atomic E-state index is 13.9. The molecule has 352 valence electrons. The van der Waals surface area contributed by atoms with Gasteiger partial charge in [0.05, 0.1) is 85.1 Å². The van der Waals surface area contributed by atoms with E-state index in [0.717, 1.165) is 33.6 Å². The van der Waals surface area contributed by atoms with Crippen LogP contribution >= 0.6 is 0 Å². The zero-order valence-corrected chi connectivity index (χ0v) is 43.9. The van der Waals surface area contributed by atoms with Gasteiger partial charge in [-0.15, -0.1) is 0 Å². The van der Waals surface area contributed by atoms with Gasteiger partial charge >= 0.3 is 59.1 Å². The standard InChI is InChI=1S/C54H50N4O11.2Na/c1-33-47(51(59)37-15-17-43(55)41(31-37)53(61)62)45-13-3-5-19-57(45)49(33)35-9-7-11-39(29-35)68-27-25-66-23-21-65-22-24-67-26-28-69-40-12-8-10-36(30-40)50-34(2)48(46-14-4-6-20-58(46)50)52(60)38-16-18-44(56)42(32-38)54(63)64;;/h3-20,29-32H,21-28,55-56H2,1-2H3,(H,61,62)(H,63,64);;/q;2*+1/p-2. The minimum absolute atomic E-state index is 0. The molecule has 4 aromatic carbocycles. The number of aromatic nitrogens is 2. The van der Waals surface area contributed by atoms with Crippen molar-refractivity contribution in [2.24, 2.45) is 0 Å². The molecule has 0 fully saturated rings. The van der Waals surface area contributed by atoms with Crippen molar-refractivity contribution in [3.8, 4) is 34.0 Å². The van der Waals surface area contributed by atoms with Crippen LogP contribution in [0.3, 0.4) is 0 Å². The maximum Gasteiger partial charge on any atom is 1.00 e. The average molecular weight is 975 g/mol. The van der Waals surface area contributed by atoms with E-state index in [-0.39, 0.29) is 104 Å². The fraction of sp³-hybridized carbons (Fsp3) is 0.185. The van der Waals surface area contributed by atoms with Gasteiger partial charge in [-0.05, 0) is 110 Å². The van der Waals surface area contributed by atoms with Gasteiger partial charge in [0.15, 0.2) is 11.6 Å². The van der Waals surface area contributed by atoms with Crippen LogP contribution in [0.5, 0.6) is 11.5 Å². The number of carboxylic acid groups (broad SMARTS) is 2. The number of nitrogens with zero attached hydrogens (tertiary/aromatic N) is 2. The number of anilines is 2. The molecule has 8 aromatic rings. The average Bonchev–Trinajstić information content (AvgIpc) is 3.82. The van der Waals surface area contributed by atoms with E-state index < -0.39 is 11.9 Å². The predicted molar refractivity (Wildman–Crippen MR) is 256 cm³/mol. The van der Waals surface area contributed by atoms with Crippen molar-refractivity contribution < 1.29 is 112 Å². The number of carboxylic acids is 2. The summed E-state index contributed by atoms with van der Waals surface area (Å²) in [4.78, 5) is 51.0. The van der Waals surface area contributed by atoms with Crippen molar-refractivity contribution >= 4 is 45.9 Å². The molecule has 0 aliphatic heterocycles. The third-order valence-corrected chi connectivity index (χ3v) is 11.7. The van der Waals surface area contributed by atoms with Crippen LogP contribution in [-0.4, -0.2) is 85.2 Å². The first-order chi connectivity index (χ1) is 33.4. The van der Waals surface area contributed by atoms with Crippen LogP contribution in [0.2, 0.25) is 0 Å². The van der Waals surface area contributed by atoms with Crippen LogP contribution in [0.4, 0.5) is 11.4 Å². The van der Waals surface area contributed by atoms with Crippen molar-refractivity contribution in [2.75, 3.05) is 64.3 Å². The summed E-state index contributed by atoms with van der Waals surface area (Å²) in [5, 5.41) is 23.2. The first kappa shape index (κ1) is 54.1. The Bertz CT molecular complexity index is 3030. The molecule has 15 nitrogen and oxygen atoms in total. The minimum Gasteiger partial charge on any atom is -0.545 e. The van der Waals surface area contributed by atoms with E-state index in [2.05, 4.69) is 0 Å². The number of hydrogen-bond acceptors (Lipinski definition) is 13. The molecule has 4 N–H and O–H groups in total. The fourth-order valence-electron chi connectivity index (χ4n) is 8.43. The zero-order chi connectivity index (χ0) is 48.6. The minimum atomic E-state index is -1.45. The van der Waals surface area contributed by atoms with Gasteiger partial charge in [-0.2, -0.15) is 0 Å². The molecular formula is C54H48N4Na2O11. The van der Waals surface area contributed by atoms with E-state index >= 15 is 0 Å². The molecule has 4 heterocycles. The summed E-state index contributed by atoms with van der Waals surface area (Å²) in [5.41, 5.74) is 18.5. The Kier molecular flexibility index (Phi) is 18.8. The van der Waals surface area contributed by atoms with Crippen molar-refractivity contribution in [3.05, 3.63) is 178 Å². The van der Waals surface area contributed by atoms with E-state index in [1.54, 1.807) is 0 Å². The van der Waals surface area contributed by atoms with Gasteiger partial charge in [0.2, 0.25) is 0 Å². The van der Waals surface area contributed by atoms with Crippen molar-refractivity contribution in [1.29, 1.82) is 0 Å². The molecular weight excluding hydrogens is 927 g/mol. The number of nitrogens with two attached hydrogens (primary N) is 2. The maximum atomic E-state index is 13.9. The van der Waals surface area contributed by atoms with Gasteiger partial charge in [-0.25, -0.2) is 0 Å². The zero-order valence-electron chi connectivity index (χ0n) is 39.9. The number of benzene rings is 4. The van der Waals surface area contributed by atoms with Gasteiger partial charge in [-0.1, -0.05) is 36.4 Å². The summed E-state index contributed by atoms with van der Waals surface area (Å²) in [6.45, 7) is 6.47. The third kappa shape index (κ3) is 12.1. The number of fused-ring (bicyclic) bond motifs is 2. The molecule has 0 aliphatic rings. The van der Waals surface area contributed by atoms with Gasteiger partial charge < -0.3 is 63.8 Å². The first-order valence-electron chi connectivity index (χ1n) is 22.1. The third-order valence-electron chi connectivity index (χ3n) is 11.7. The molecule has 0 bridgehead atoms. The number of hydrogen-bond donors (Lipinski definition) is 2. The number of ketones is 2. The Balaban J connectivity index is 0.00000413. The number of carbonyl (C=O) groups is 4. The van der Waals surface area contributed by atoms with Gasteiger partial charge in [0.1, 0.15) is 24.7 Å². The number of pyridine rings is 2. The predicted octanol–water partition coefficient (Wildman–Crippen LogP) is 0.0118. The molecule has 0 saturated carbocycles. The largest absolute Gasteiger partial charge is 1.00 e. The number of ether oxygens (including phenoxy) is 5. The molecule has 0 atom stereocenters. The monoisotopic (exact) mass is 974 g/mol. The van der Waals surface area contributed by atoms with Crippen molar-refractivity contribution in [2.45, 2.75) is 13.8 Å². The van der Waals surface area contributed by atoms with Crippen molar-refractivity contribution in [1.82, 2.24) is 8.80 Å². The Labute approximate surface area is 453 Å². The molecule has 17 heteroatoms. The molecule has 0 spiro atoms. The molecule has 0 saturated heterocycles. The van der Waals surface area contributed by atoms with Crippen LogP contribution < -0.4 is 90.3 Å². The summed E-state index contributed by atoms with van der Waals surface area (Å²) < 4.78 is 33.0. The second-order valence-electron chi connectivity index (χ2n) is 16.0. The van der Waals surface area contributed by atoms with Crippen LogP contribution in [-0.2, 0) is 14.2 Å². The van der Waals surface area contributed by atoms with Gasteiger partial charge in [0, 0.05) is 57.1 Å². The Morgan fingerprint density at radius 2 is 0.859 bits per heavy atom. The van der Waals surface area contributed by atoms with Gasteiger partial charge in [0.25, 0.3) is 0 Å². The van der Waals surface area contributed by atoms with E-state index in [0.29, 0.717) is 86.5 Å². The number of carbonyl (C=O) groups excluding carboxylic acids is 4. The quantitative estimate of drug-likeness (QED) is 0.0396. The van der Waals surface area contributed by atoms with E-state index in [1.807, 2.05) is 120 Å². The number of aromatic carboxylic acids is 2. The summed E-state index contributed by atoms with van der Waals surface area (Å²) in [6.07, 6.45) is 3.75. The molecule has 0 radical (unpaired) electrons. The van der Waals surface area contributed by atoms with Crippen LogP contribution in [0, 0.1) is 13.8 Å².